The fourth-order valence-corrected chi connectivity index (χ4v) is 8.71. The molecule has 0 aromatic rings. The zero-order valence-electron chi connectivity index (χ0n) is 16.3. The topological polar surface area (TPSA) is 29.5 Å². The molecule has 1 spiro atoms. The Kier molecular flexibility index (Phi) is 3.38. The first-order valence-electron chi connectivity index (χ1n) is 10.5. The molecule has 3 fully saturated rings. The Labute approximate surface area is 152 Å². The third kappa shape index (κ3) is 1.80. The van der Waals surface area contributed by atoms with Gasteiger partial charge in [-0.05, 0) is 84.5 Å². The number of rotatable bonds is 2. The molecule has 3 saturated carbocycles. The van der Waals surface area contributed by atoms with Gasteiger partial charge in [-0.25, -0.2) is 0 Å². The van der Waals surface area contributed by atoms with Gasteiger partial charge in [0.15, 0.2) is 0 Å². The molecule has 25 heavy (non-hydrogen) atoms. The lowest BCUT2D eigenvalue weighted by Gasteiger charge is -2.56. The van der Waals surface area contributed by atoms with Crippen LogP contribution < -0.4 is 0 Å². The van der Waals surface area contributed by atoms with Crippen molar-refractivity contribution in [3.8, 4) is 0 Å². The largest absolute Gasteiger partial charge is 0.501 e. The summed E-state index contributed by atoms with van der Waals surface area (Å²) in [5.41, 5.74) is 4.40. The van der Waals surface area contributed by atoms with Crippen LogP contribution in [0.15, 0.2) is 23.0 Å². The predicted molar refractivity (Wildman–Crippen MR) is 99.7 cm³/mol. The highest BCUT2D eigenvalue weighted by Crippen LogP contribution is 2.84. The van der Waals surface area contributed by atoms with E-state index in [2.05, 4.69) is 26.8 Å². The van der Waals surface area contributed by atoms with Crippen molar-refractivity contribution >= 4 is 0 Å². The molecular weight excluding hydrogens is 308 g/mol. The molecule has 8 atom stereocenters. The number of allylic oxidation sites excluding steroid dienone is 3. The second-order valence-corrected chi connectivity index (χ2v) is 10.2. The van der Waals surface area contributed by atoms with E-state index in [4.69, 9.17) is 4.74 Å². The molecule has 0 radical (unpaired) electrons. The number of aliphatic hydroxyl groups excluding tert-OH is 1. The van der Waals surface area contributed by atoms with E-state index >= 15 is 0 Å². The van der Waals surface area contributed by atoms with Crippen LogP contribution in [0.4, 0.5) is 0 Å². The van der Waals surface area contributed by atoms with E-state index in [1.165, 1.54) is 31.4 Å². The van der Waals surface area contributed by atoms with Crippen molar-refractivity contribution in [1.29, 1.82) is 0 Å². The molecule has 1 N–H and O–H groups in total. The van der Waals surface area contributed by atoms with Gasteiger partial charge in [-0.3, -0.25) is 0 Å². The van der Waals surface area contributed by atoms with Gasteiger partial charge in [-0.2, -0.15) is 0 Å². The Morgan fingerprint density at radius 3 is 2.84 bits per heavy atom. The Balaban J connectivity index is 1.54. The van der Waals surface area contributed by atoms with Gasteiger partial charge in [-0.15, -0.1) is 0 Å². The van der Waals surface area contributed by atoms with Crippen LogP contribution in [0.1, 0.15) is 59.3 Å². The lowest BCUT2D eigenvalue weighted by atomic mass is 9.48. The second-order valence-electron chi connectivity index (χ2n) is 10.2. The summed E-state index contributed by atoms with van der Waals surface area (Å²) in [6.07, 6.45) is 9.91. The van der Waals surface area contributed by atoms with Crippen LogP contribution in [0.3, 0.4) is 0 Å². The zero-order chi connectivity index (χ0) is 17.6. The van der Waals surface area contributed by atoms with Gasteiger partial charge in [0.05, 0.1) is 12.9 Å². The van der Waals surface area contributed by atoms with Crippen LogP contribution in [0, 0.1) is 46.3 Å². The minimum atomic E-state index is 0.377. The maximum absolute atomic E-state index is 10.2. The molecule has 0 unspecified atom stereocenters. The molecule has 0 bridgehead atoms. The first-order valence-corrected chi connectivity index (χ1v) is 10.5. The molecule has 0 amide bonds. The number of fused-ring (bicyclic) bond motifs is 2. The van der Waals surface area contributed by atoms with Gasteiger partial charge in [0, 0.05) is 13.0 Å². The molecule has 5 aliphatic rings. The Morgan fingerprint density at radius 2 is 2.12 bits per heavy atom. The standard InChI is InChI=1S/C23H34O2/c1-13-9-15-10-16(25-4)5-6-17(15)18-7-8-22(3)20(12-24)14(2)19-11-23(19,22)21(13)18/h5,13-14,18-21,24H,6-12H2,1-4H3/t13-,14+,18-,19+,20-,21-,22-,23-/m1/s1. The molecular formula is C23H34O2. The molecule has 2 heteroatoms. The molecule has 0 aliphatic heterocycles. The molecule has 5 rings (SSSR count). The van der Waals surface area contributed by atoms with Crippen LogP contribution in [-0.4, -0.2) is 18.8 Å². The molecule has 0 aromatic carbocycles. The number of hydrogen-bond acceptors (Lipinski definition) is 2. The maximum Gasteiger partial charge on any atom is 0.0959 e. The number of aliphatic hydroxyl groups is 1. The summed E-state index contributed by atoms with van der Waals surface area (Å²) in [4.78, 5) is 0. The normalized spacial score (nSPS) is 53.4. The lowest BCUT2D eigenvalue weighted by Crippen LogP contribution is -2.50. The van der Waals surface area contributed by atoms with Crippen molar-refractivity contribution in [2.45, 2.75) is 59.3 Å². The summed E-state index contributed by atoms with van der Waals surface area (Å²) < 4.78 is 5.57. The van der Waals surface area contributed by atoms with E-state index in [1.807, 2.05) is 7.11 Å². The first kappa shape index (κ1) is 16.4. The quantitative estimate of drug-likeness (QED) is 0.720. The van der Waals surface area contributed by atoms with E-state index in [0.29, 0.717) is 29.3 Å². The summed E-state index contributed by atoms with van der Waals surface area (Å²) in [7, 11) is 1.82. The Morgan fingerprint density at radius 1 is 1.32 bits per heavy atom. The fourth-order valence-electron chi connectivity index (χ4n) is 8.71. The Hall–Kier alpha value is -0.760. The monoisotopic (exact) mass is 342 g/mol. The summed E-state index contributed by atoms with van der Waals surface area (Å²) in [6.45, 7) is 7.91. The van der Waals surface area contributed by atoms with Crippen LogP contribution >= 0.6 is 0 Å². The molecule has 0 saturated heterocycles. The van der Waals surface area contributed by atoms with Crippen molar-refractivity contribution in [3.05, 3.63) is 23.0 Å². The van der Waals surface area contributed by atoms with E-state index in [1.54, 1.807) is 11.1 Å². The van der Waals surface area contributed by atoms with Gasteiger partial charge in [0.25, 0.3) is 0 Å². The van der Waals surface area contributed by atoms with Gasteiger partial charge >= 0.3 is 0 Å². The minimum Gasteiger partial charge on any atom is -0.501 e. The highest BCUT2D eigenvalue weighted by Gasteiger charge is 2.79. The third-order valence-electron chi connectivity index (χ3n) is 9.69. The first-order chi connectivity index (χ1) is 12.0. The Bertz CT molecular complexity index is 661. The SMILES string of the molecule is COC1=CCC2=C(C1)C[C@@H](C)[C@@H]1[C@@H]2CC[C@]2(C)[C@H](CO)[C@@H](C)[C@@H]3C[C@]132. The minimum absolute atomic E-state index is 0.377. The zero-order valence-corrected chi connectivity index (χ0v) is 16.3. The van der Waals surface area contributed by atoms with Gasteiger partial charge in [0.1, 0.15) is 0 Å². The van der Waals surface area contributed by atoms with Crippen LogP contribution in [0.5, 0.6) is 0 Å². The third-order valence-corrected chi connectivity index (χ3v) is 9.69. The van der Waals surface area contributed by atoms with Gasteiger partial charge < -0.3 is 9.84 Å². The number of methoxy groups -OCH3 is 1. The van der Waals surface area contributed by atoms with E-state index < -0.39 is 0 Å². The summed E-state index contributed by atoms with van der Waals surface area (Å²) in [5.74, 6) is 5.74. The predicted octanol–water partition coefficient (Wildman–Crippen LogP) is 4.94. The van der Waals surface area contributed by atoms with Crippen molar-refractivity contribution in [3.63, 3.8) is 0 Å². The van der Waals surface area contributed by atoms with Gasteiger partial charge in [-0.1, -0.05) is 31.9 Å². The summed E-state index contributed by atoms with van der Waals surface area (Å²) in [5, 5.41) is 10.2. The lowest BCUT2D eigenvalue weighted by molar-refractivity contribution is -0.0601. The average Bonchev–Trinajstić information content (AvgIpc) is 3.30. The summed E-state index contributed by atoms with van der Waals surface area (Å²) in [6, 6.07) is 0. The maximum atomic E-state index is 10.2. The second kappa shape index (κ2) is 5.15. The number of hydrogen-bond donors (Lipinski definition) is 1. The van der Waals surface area contributed by atoms with Crippen LogP contribution in [0.2, 0.25) is 0 Å². The van der Waals surface area contributed by atoms with Gasteiger partial charge in [0.2, 0.25) is 0 Å². The molecule has 0 heterocycles. The van der Waals surface area contributed by atoms with Crippen LogP contribution in [-0.2, 0) is 4.74 Å². The molecule has 0 aromatic heterocycles. The van der Waals surface area contributed by atoms with E-state index in [9.17, 15) is 5.11 Å². The molecule has 5 aliphatic carbocycles. The highest BCUT2D eigenvalue weighted by atomic mass is 16.5. The van der Waals surface area contributed by atoms with E-state index in [-0.39, 0.29) is 0 Å². The van der Waals surface area contributed by atoms with Crippen molar-refractivity contribution in [1.82, 2.24) is 0 Å². The average molecular weight is 343 g/mol. The van der Waals surface area contributed by atoms with Crippen molar-refractivity contribution < 1.29 is 9.84 Å². The van der Waals surface area contributed by atoms with Crippen LogP contribution in [0.25, 0.3) is 0 Å². The number of ether oxygens (including phenoxy) is 1. The van der Waals surface area contributed by atoms with Crippen molar-refractivity contribution in [2.75, 3.05) is 13.7 Å². The molecule has 138 valence electrons. The highest BCUT2D eigenvalue weighted by molar-refractivity contribution is 5.37. The molecule has 2 nitrogen and oxygen atoms in total. The van der Waals surface area contributed by atoms with E-state index in [0.717, 1.165) is 36.5 Å². The van der Waals surface area contributed by atoms with Crippen molar-refractivity contribution in [2.24, 2.45) is 46.3 Å². The smallest absolute Gasteiger partial charge is 0.0959 e. The fraction of sp³-hybridized carbons (Fsp3) is 0.826. The summed E-state index contributed by atoms with van der Waals surface area (Å²) >= 11 is 0.